The van der Waals surface area contributed by atoms with Crippen LogP contribution in [0.15, 0.2) is 50.2 Å². The first-order chi connectivity index (χ1) is 13.9. The maximum atomic E-state index is 12.3. The summed E-state index contributed by atoms with van der Waals surface area (Å²) >= 11 is 8.17. The molecule has 0 spiro atoms. The molecular formula is C20H18Br2N2O4S. The summed E-state index contributed by atoms with van der Waals surface area (Å²) in [6.45, 7) is 1.66. The maximum Gasteiger partial charge on any atom is 0.341 e. The number of benzene rings is 2. The molecule has 1 amide bonds. The zero-order chi connectivity index (χ0) is 21.0. The number of aliphatic carboxylic acids is 1. The summed E-state index contributed by atoms with van der Waals surface area (Å²) in [6, 6.07) is 11.7. The third-order valence-electron chi connectivity index (χ3n) is 4.05. The number of amides is 1. The second kappa shape index (κ2) is 9.69. The number of thioether (sulfide) groups is 1. The fourth-order valence-electron chi connectivity index (χ4n) is 2.64. The average molecular weight is 542 g/mol. The van der Waals surface area contributed by atoms with Crippen molar-refractivity contribution in [1.29, 1.82) is 0 Å². The zero-order valence-electron chi connectivity index (χ0n) is 15.4. The lowest BCUT2D eigenvalue weighted by Gasteiger charge is -2.13. The average Bonchev–Trinajstić information content (AvgIpc) is 3.00. The summed E-state index contributed by atoms with van der Waals surface area (Å²) in [5.41, 5.74) is 2.71. The number of ether oxygens (including phenoxy) is 1. The normalized spacial score (nSPS) is 17.3. The zero-order valence-corrected chi connectivity index (χ0v) is 19.4. The van der Waals surface area contributed by atoms with Gasteiger partial charge >= 0.3 is 5.97 Å². The highest BCUT2D eigenvalue weighted by atomic mass is 79.9. The van der Waals surface area contributed by atoms with Crippen molar-refractivity contribution in [3.05, 3.63) is 61.4 Å². The monoisotopic (exact) mass is 540 g/mol. The van der Waals surface area contributed by atoms with Crippen molar-refractivity contribution in [3.63, 3.8) is 0 Å². The molecule has 152 valence electrons. The van der Waals surface area contributed by atoms with Crippen molar-refractivity contribution in [2.45, 2.75) is 18.8 Å². The quantitative estimate of drug-likeness (QED) is 0.435. The number of aryl methyl sites for hydroxylation is 1. The Morgan fingerprint density at radius 3 is 2.52 bits per heavy atom. The van der Waals surface area contributed by atoms with Crippen LogP contribution in [0, 0.1) is 0 Å². The number of halogens is 2. The van der Waals surface area contributed by atoms with Crippen LogP contribution >= 0.6 is 43.6 Å². The number of carbonyl (C=O) groups is 2. The fourth-order valence-corrected chi connectivity index (χ4v) is 5.08. The van der Waals surface area contributed by atoms with Gasteiger partial charge in [0.05, 0.1) is 13.9 Å². The molecule has 1 heterocycles. The van der Waals surface area contributed by atoms with Crippen molar-refractivity contribution in [1.82, 2.24) is 5.32 Å². The number of carbonyl (C=O) groups excluding carboxylic acids is 1. The summed E-state index contributed by atoms with van der Waals surface area (Å²) in [6.07, 6.45) is 2.76. The summed E-state index contributed by atoms with van der Waals surface area (Å²) in [5.74, 6) is -0.818. The molecule has 1 aliphatic rings. The van der Waals surface area contributed by atoms with Crippen LogP contribution in [0.5, 0.6) is 5.75 Å². The van der Waals surface area contributed by atoms with Gasteiger partial charge in [0.25, 0.3) is 5.91 Å². The molecular weight excluding hydrogens is 524 g/mol. The fraction of sp³-hybridized carbons (Fsp3) is 0.200. The molecule has 3 N–H and O–H groups in total. The minimum Gasteiger partial charge on any atom is -0.480 e. The smallest absolute Gasteiger partial charge is 0.341 e. The summed E-state index contributed by atoms with van der Waals surface area (Å²) in [5, 5.41) is 15.0. The molecule has 0 bridgehead atoms. The van der Waals surface area contributed by atoms with Gasteiger partial charge in [-0.25, -0.2) is 4.79 Å². The van der Waals surface area contributed by atoms with E-state index in [2.05, 4.69) is 61.5 Å². The van der Waals surface area contributed by atoms with Gasteiger partial charge in [-0.15, -0.1) is 0 Å². The van der Waals surface area contributed by atoms with Gasteiger partial charge < -0.3 is 20.5 Å². The van der Waals surface area contributed by atoms with Crippen LogP contribution in [0.4, 0.5) is 5.69 Å². The number of hydrogen-bond donors (Lipinski definition) is 3. The molecule has 9 heteroatoms. The highest BCUT2D eigenvalue weighted by molar-refractivity contribution is 9.11. The third-order valence-corrected chi connectivity index (χ3v) is 6.26. The van der Waals surface area contributed by atoms with Gasteiger partial charge in [-0.1, -0.05) is 30.8 Å². The van der Waals surface area contributed by atoms with Crippen LogP contribution in [-0.4, -0.2) is 29.1 Å². The SMILES string of the molecule is CCc1ccc(N[C@@H]2NC(=O)/C(=C/c3cc(Br)c(OCC(=O)O)c(Br)c3)S2)cc1. The molecule has 0 saturated carbocycles. The van der Waals surface area contributed by atoms with Gasteiger partial charge in [0.2, 0.25) is 0 Å². The standard InChI is InChI=1S/C20H18Br2N2O4S/c1-2-11-3-5-13(6-4-11)23-20-24-19(27)16(29-20)9-12-7-14(21)18(15(22)8-12)28-10-17(25)26/h3-9,20,23H,2,10H2,1H3,(H,24,27)(H,25,26)/b16-9-/t20-/m1/s1. The second-order valence-electron chi connectivity index (χ2n) is 6.17. The topological polar surface area (TPSA) is 87.7 Å². The van der Waals surface area contributed by atoms with Gasteiger partial charge in [0.1, 0.15) is 5.75 Å². The Morgan fingerprint density at radius 2 is 1.93 bits per heavy atom. The number of nitrogens with one attached hydrogen (secondary N) is 2. The number of carboxylic acid groups (broad SMARTS) is 1. The van der Waals surface area contributed by atoms with E-state index in [1.165, 1.54) is 17.3 Å². The summed E-state index contributed by atoms with van der Waals surface area (Å²) in [4.78, 5) is 23.6. The first-order valence-corrected chi connectivity index (χ1v) is 11.2. The molecule has 0 aliphatic carbocycles. The molecule has 1 aliphatic heterocycles. The van der Waals surface area contributed by atoms with E-state index in [1.807, 2.05) is 12.1 Å². The Balaban J connectivity index is 1.71. The number of carboxylic acids is 1. The Bertz CT molecular complexity index is 940. The predicted molar refractivity (Wildman–Crippen MR) is 122 cm³/mol. The van der Waals surface area contributed by atoms with Crippen molar-refractivity contribution in [2.24, 2.45) is 0 Å². The van der Waals surface area contributed by atoms with Gasteiger partial charge in [-0.2, -0.15) is 0 Å². The van der Waals surface area contributed by atoms with Crippen LogP contribution < -0.4 is 15.4 Å². The van der Waals surface area contributed by atoms with E-state index in [0.717, 1.165) is 17.7 Å². The van der Waals surface area contributed by atoms with Gasteiger partial charge in [0, 0.05) is 5.69 Å². The lowest BCUT2D eigenvalue weighted by Crippen LogP contribution is -2.30. The van der Waals surface area contributed by atoms with E-state index in [4.69, 9.17) is 9.84 Å². The lowest BCUT2D eigenvalue weighted by atomic mass is 10.1. The van der Waals surface area contributed by atoms with Crippen molar-refractivity contribution in [3.8, 4) is 5.75 Å². The molecule has 1 fully saturated rings. The van der Waals surface area contributed by atoms with Crippen molar-refractivity contribution in [2.75, 3.05) is 11.9 Å². The van der Waals surface area contributed by atoms with Gasteiger partial charge in [-0.3, -0.25) is 4.79 Å². The lowest BCUT2D eigenvalue weighted by molar-refractivity contribution is -0.139. The van der Waals surface area contributed by atoms with Crippen LogP contribution in [0.25, 0.3) is 6.08 Å². The van der Waals surface area contributed by atoms with E-state index in [9.17, 15) is 9.59 Å². The molecule has 1 atom stereocenters. The Labute approximate surface area is 189 Å². The van der Waals surface area contributed by atoms with Crippen molar-refractivity contribution < 1.29 is 19.4 Å². The largest absolute Gasteiger partial charge is 0.480 e. The Morgan fingerprint density at radius 1 is 1.28 bits per heavy atom. The summed E-state index contributed by atoms with van der Waals surface area (Å²) < 4.78 is 6.45. The van der Waals surface area contributed by atoms with E-state index >= 15 is 0 Å². The number of hydrogen-bond acceptors (Lipinski definition) is 5. The van der Waals surface area contributed by atoms with E-state index < -0.39 is 12.6 Å². The minimum absolute atomic E-state index is 0.156. The minimum atomic E-state index is -1.06. The van der Waals surface area contributed by atoms with Crippen molar-refractivity contribution >= 4 is 67.3 Å². The highest BCUT2D eigenvalue weighted by Gasteiger charge is 2.27. The van der Waals surface area contributed by atoms with Gasteiger partial charge in [-0.05, 0) is 79.7 Å². The van der Waals surface area contributed by atoms with Crippen LogP contribution in [0.2, 0.25) is 0 Å². The molecule has 29 heavy (non-hydrogen) atoms. The van der Waals surface area contributed by atoms with Gasteiger partial charge in [0.15, 0.2) is 12.1 Å². The van der Waals surface area contributed by atoms with E-state index in [-0.39, 0.29) is 11.4 Å². The number of rotatable bonds is 7. The molecule has 6 nitrogen and oxygen atoms in total. The molecule has 3 rings (SSSR count). The highest BCUT2D eigenvalue weighted by Crippen LogP contribution is 2.37. The molecule has 2 aromatic rings. The predicted octanol–water partition coefficient (Wildman–Crippen LogP) is 4.84. The van der Waals surface area contributed by atoms with Crippen LogP contribution in [-0.2, 0) is 16.0 Å². The van der Waals surface area contributed by atoms with E-state index in [1.54, 1.807) is 18.2 Å². The first-order valence-electron chi connectivity index (χ1n) is 8.74. The third kappa shape index (κ3) is 5.77. The maximum absolute atomic E-state index is 12.3. The molecule has 0 aromatic heterocycles. The number of anilines is 1. The Kier molecular flexibility index (Phi) is 7.26. The second-order valence-corrected chi connectivity index (χ2v) is 9.03. The first kappa shape index (κ1) is 21.7. The molecule has 1 saturated heterocycles. The molecule has 0 unspecified atom stereocenters. The van der Waals surface area contributed by atoms with E-state index in [0.29, 0.717) is 19.6 Å². The van der Waals surface area contributed by atoms with Crippen LogP contribution in [0.1, 0.15) is 18.1 Å². The Hall–Kier alpha value is -1.97. The summed E-state index contributed by atoms with van der Waals surface area (Å²) in [7, 11) is 0. The van der Waals surface area contributed by atoms with Crippen LogP contribution in [0.3, 0.4) is 0 Å². The molecule has 2 aromatic carbocycles. The molecule has 0 radical (unpaired) electrons.